The molecule has 0 spiro atoms. The van der Waals surface area contributed by atoms with Crippen LogP contribution >= 0.6 is 0 Å². The van der Waals surface area contributed by atoms with E-state index < -0.39 is 15.1 Å². The Hall–Kier alpha value is -3.89. The molecule has 9 nitrogen and oxygen atoms in total. The summed E-state index contributed by atoms with van der Waals surface area (Å²) in [5.41, 5.74) is 3.81. The summed E-state index contributed by atoms with van der Waals surface area (Å²) in [6, 6.07) is 16.4. The third-order valence-electron chi connectivity index (χ3n) is 7.01. The molecule has 1 amide bonds. The quantitative estimate of drug-likeness (QED) is 0.418. The zero-order valence-corrected chi connectivity index (χ0v) is 21.7. The minimum absolute atomic E-state index is 0.127. The predicted molar refractivity (Wildman–Crippen MR) is 144 cm³/mol. The number of anilines is 1. The first-order chi connectivity index (χ1) is 18.4. The van der Waals surface area contributed by atoms with Gasteiger partial charge in [0.2, 0.25) is 0 Å². The number of aromatic nitrogens is 3. The van der Waals surface area contributed by atoms with E-state index in [0.29, 0.717) is 11.3 Å². The third-order valence-corrected chi connectivity index (χ3v) is 9.20. The highest BCUT2D eigenvalue weighted by Crippen LogP contribution is 2.27. The molecule has 194 valence electrons. The Morgan fingerprint density at radius 2 is 1.92 bits per heavy atom. The Morgan fingerprint density at radius 1 is 1.08 bits per heavy atom. The van der Waals surface area contributed by atoms with E-state index in [1.807, 2.05) is 36.4 Å². The predicted octanol–water partition coefficient (Wildman–Crippen LogP) is 3.52. The number of fused-ring (bicyclic) bond motifs is 2. The number of rotatable bonds is 5. The summed E-state index contributed by atoms with van der Waals surface area (Å²) >= 11 is 0. The van der Waals surface area contributed by atoms with E-state index in [2.05, 4.69) is 15.2 Å². The number of ether oxygens (including phenoxy) is 1. The van der Waals surface area contributed by atoms with E-state index in [4.69, 9.17) is 14.7 Å². The topological polar surface area (TPSA) is 114 Å². The number of sulfone groups is 1. The number of amides is 1. The largest absolute Gasteiger partial charge is 0.375 e. The first-order valence-electron chi connectivity index (χ1n) is 12.6. The summed E-state index contributed by atoms with van der Waals surface area (Å²) in [4.78, 5) is 29.3. The summed E-state index contributed by atoms with van der Waals surface area (Å²) in [7, 11) is -3.57. The second kappa shape index (κ2) is 9.77. The van der Waals surface area contributed by atoms with Gasteiger partial charge < -0.3 is 15.0 Å². The second-order valence-electron chi connectivity index (χ2n) is 9.66. The summed E-state index contributed by atoms with van der Waals surface area (Å²) in [5, 5.41) is 3.06. The zero-order chi connectivity index (χ0) is 26.3. The molecule has 2 aliphatic heterocycles. The molecule has 3 aromatic heterocycles. The number of benzene rings is 1. The normalized spacial score (nSPS) is 18.3. The number of carbonyl (C=O) groups excluding carboxylic acids is 1. The van der Waals surface area contributed by atoms with Crippen molar-refractivity contribution in [2.24, 2.45) is 0 Å². The number of nitrogens with one attached hydrogen (secondary N) is 1. The van der Waals surface area contributed by atoms with Crippen LogP contribution < -0.4 is 10.2 Å². The molecule has 1 fully saturated rings. The van der Waals surface area contributed by atoms with Gasteiger partial charge >= 0.3 is 0 Å². The van der Waals surface area contributed by atoms with E-state index in [9.17, 15) is 13.2 Å². The van der Waals surface area contributed by atoms with Crippen molar-refractivity contribution in [2.45, 2.75) is 36.6 Å². The van der Waals surface area contributed by atoms with Crippen LogP contribution in [-0.2, 0) is 27.7 Å². The van der Waals surface area contributed by atoms with Crippen LogP contribution in [0, 0.1) is 0 Å². The van der Waals surface area contributed by atoms with Crippen molar-refractivity contribution in [1.82, 2.24) is 20.3 Å². The van der Waals surface area contributed by atoms with Gasteiger partial charge in [-0.1, -0.05) is 12.1 Å². The van der Waals surface area contributed by atoms with Crippen LogP contribution in [0.2, 0.25) is 0 Å². The average molecular weight is 530 g/mol. The number of hydrogen-bond acceptors (Lipinski definition) is 8. The maximum atomic E-state index is 12.9. The van der Waals surface area contributed by atoms with Crippen LogP contribution in [0.15, 0.2) is 65.7 Å². The van der Waals surface area contributed by atoms with E-state index in [1.165, 1.54) is 12.5 Å². The van der Waals surface area contributed by atoms with E-state index in [-0.39, 0.29) is 36.1 Å². The number of carbonyl (C=O) groups is 1. The monoisotopic (exact) mass is 529 g/mol. The van der Waals surface area contributed by atoms with Gasteiger partial charge in [0.05, 0.1) is 52.5 Å². The molecule has 5 heterocycles. The fourth-order valence-corrected chi connectivity index (χ4v) is 6.07. The third kappa shape index (κ3) is 4.61. The van der Waals surface area contributed by atoms with Gasteiger partial charge in [-0.3, -0.25) is 9.78 Å². The average Bonchev–Trinajstić information content (AvgIpc) is 3.01. The molecule has 10 heteroatoms. The van der Waals surface area contributed by atoms with Crippen LogP contribution in [0.4, 0.5) is 5.82 Å². The summed E-state index contributed by atoms with van der Waals surface area (Å²) in [5.74, 6) is 0.581. The van der Waals surface area contributed by atoms with Crippen molar-refractivity contribution in [1.29, 1.82) is 0 Å². The van der Waals surface area contributed by atoms with E-state index in [0.717, 1.165) is 41.2 Å². The van der Waals surface area contributed by atoms with Gasteiger partial charge in [0.15, 0.2) is 9.84 Å². The molecular formula is C28H27N5O4S. The van der Waals surface area contributed by atoms with Crippen LogP contribution in [0.5, 0.6) is 0 Å². The molecular weight excluding hydrogens is 502 g/mol. The molecule has 0 radical (unpaired) electrons. The lowest BCUT2D eigenvalue weighted by Gasteiger charge is -2.32. The lowest BCUT2D eigenvalue weighted by atomic mass is 10.1. The van der Waals surface area contributed by atoms with Crippen molar-refractivity contribution in [3.63, 3.8) is 0 Å². The molecule has 2 aliphatic rings. The molecule has 4 aromatic rings. The van der Waals surface area contributed by atoms with Gasteiger partial charge in [0.25, 0.3) is 5.91 Å². The van der Waals surface area contributed by atoms with Gasteiger partial charge in [-0.2, -0.15) is 0 Å². The van der Waals surface area contributed by atoms with E-state index in [1.54, 1.807) is 25.3 Å². The van der Waals surface area contributed by atoms with Crippen LogP contribution in [0.3, 0.4) is 0 Å². The molecule has 38 heavy (non-hydrogen) atoms. The smallest absolute Gasteiger partial charge is 0.251 e. The van der Waals surface area contributed by atoms with Crippen molar-refractivity contribution < 1.29 is 17.9 Å². The standard InChI is InChI=1S/C28H27N5O4S/c1-18-16-37-17-21-7-6-19(12-26(21)38(18,35)36)28(34)30-15-22-13-25-20(14-29-22)8-9-24(31-25)23-4-2-5-27(32-23)33-10-3-11-33/h2,4-9,12-14,18H,3,10-11,15-17H2,1H3,(H,30,34)/t18-/m1/s1. The molecule has 0 saturated carbocycles. The molecule has 0 aliphatic carbocycles. The minimum Gasteiger partial charge on any atom is -0.375 e. The summed E-state index contributed by atoms with van der Waals surface area (Å²) in [6.45, 7) is 4.17. The second-order valence-corrected chi connectivity index (χ2v) is 12.0. The van der Waals surface area contributed by atoms with Crippen LogP contribution in [0.25, 0.3) is 22.3 Å². The maximum absolute atomic E-state index is 12.9. The molecule has 6 rings (SSSR count). The fourth-order valence-electron chi connectivity index (χ4n) is 4.58. The first-order valence-corrected chi connectivity index (χ1v) is 14.1. The molecule has 0 unspecified atom stereocenters. The Labute approximate surface area is 220 Å². The first kappa shape index (κ1) is 24.4. The summed E-state index contributed by atoms with van der Waals surface area (Å²) in [6.07, 6.45) is 2.92. The number of hydrogen-bond donors (Lipinski definition) is 1. The Morgan fingerprint density at radius 3 is 2.74 bits per heavy atom. The highest BCUT2D eigenvalue weighted by molar-refractivity contribution is 7.92. The van der Waals surface area contributed by atoms with E-state index >= 15 is 0 Å². The maximum Gasteiger partial charge on any atom is 0.251 e. The lowest BCUT2D eigenvalue weighted by Crippen LogP contribution is -2.37. The van der Waals surface area contributed by atoms with Crippen LogP contribution in [0.1, 0.15) is 35.0 Å². The SMILES string of the molecule is C[C@@H]1COCc2ccc(C(=O)NCc3cc4nc(-c5cccc(N6CCC6)n5)ccc4cn3)cc2S1(=O)=O. The fraction of sp³-hybridized carbons (Fsp3) is 0.286. The molecule has 1 N–H and O–H groups in total. The molecule has 1 saturated heterocycles. The van der Waals surface area contributed by atoms with Crippen molar-refractivity contribution in [2.75, 3.05) is 24.6 Å². The van der Waals surface area contributed by atoms with Gasteiger partial charge in [-0.15, -0.1) is 0 Å². The highest BCUT2D eigenvalue weighted by atomic mass is 32.2. The minimum atomic E-state index is -3.57. The van der Waals surface area contributed by atoms with Gasteiger partial charge in [0, 0.05) is 30.2 Å². The zero-order valence-electron chi connectivity index (χ0n) is 20.9. The van der Waals surface area contributed by atoms with Gasteiger partial charge in [0.1, 0.15) is 5.82 Å². The van der Waals surface area contributed by atoms with Crippen LogP contribution in [-0.4, -0.2) is 54.2 Å². The molecule has 1 atom stereocenters. The highest BCUT2D eigenvalue weighted by Gasteiger charge is 2.30. The Balaban J connectivity index is 1.21. The molecule has 1 aromatic carbocycles. The van der Waals surface area contributed by atoms with Crippen molar-refractivity contribution in [3.05, 3.63) is 77.6 Å². The summed E-state index contributed by atoms with van der Waals surface area (Å²) < 4.78 is 31.2. The van der Waals surface area contributed by atoms with Crippen molar-refractivity contribution in [3.8, 4) is 11.4 Å². The lowest BCUT2D eigenvalue weighted by molar-refractivity contribution is 0.0950. The van der Waals surface area contributed by atoms with Crippen molar-refractivity contribution >= 4 is 32.5 Å². The molecule has 0 bridgehead atoms. The number of nitrogens with zero attached hydrogens (tertiary/aromatic N) is 4. The Bertz CT molecular complexity index is 1650. The number of pyridine rings is 3. The van der Waals surface area contributed by atoms with Gasteiger partial charge in [-0.25, -0.2) is 18.4 Å². The Kier molecular flexibility index (Phi) is 6.29. The van der Waals surface area contributed by atoms with Gasteiger partial charge in [-0.05, 0) is 61.4 Å².